The van der Waals surface area contributed by atoms with Crippen LogP contribution in [-0.2, 0) is 6.42 Å². The van der Waals surface area contributed by atoms with Crippen LogP contribution < -0.4 is 0 Å². The number of rotatable bonds is 8. The van der Waals surface area contributed by atoms with E-state index in [1.165, 1.54) is 43.4 Å². The van der Waals surface area contributed by atoms with Gasteiger partial charge in [-0.2, -0.15) is 0 Å². The molecule has 0 bridgehead atoms. The predicted octanol–water partition coefficient (Wildman–Crippen LogP) is 5.66. The fraction of sp³-hybridized carbons (Fsp3) is 0.714. The minimum Gasteiger partial charge on any atom is -0.149 e. The predicted molar refractivity (Wildman–Crippen MR) is 78.7 cm³/mol. The molecule has 0 nitrogen and oxygen atoms in total. The Morgan fingerprint density at radius 2 is 2.12 bits per heavy atom. The molecular weight excluding hydrogens is 280 g/mol. The van der Waals surface area contributed by atoms with Gasteiger partial charge in [0.2, 0.25) is 0 Å². The monoisotopic (exact) mass is 302 g/mol. The Bertz CT molecular complexity index is 262. The Hall–Kier alpha value is 0.180. The molecule has 1 rings (SSSR count). The molecule has 1 aromatic heterocycles. The topological polar surface area (TPSA) is 0 Å². The highest BCUT2D eigenvalue weighted by atomic mass is 79.9. The van der Waals surface area contributed by atoms with Crippen LogP contribution in [0, 0.1) is 5.41 Å². The van der Waals surface area contributed by atoms with Crippen LogP contribution in [0.2, 0.25) is 0 Å². The second-order valence-electron chi connectivity index (χ2n) is 4.67. The van der Waals surface area contributed by atoms with Crippen LogP contribution >= 0.6 is 27.3 Å². The van der Waals surface area contributed by atoms with E-state index in [1.54, 1.807) is 0 Å². The number of hydrogen-bond acceptors (Lipinski definition) is 1. The van der Waals surface area contributed by atoms with E-state index >= 15 is 0 Å². The van der Waals surface area contributed by atoms with E-state index in [-0.39, 0.29) is 0 Å². The standard InChI is InChI=1S/C14H23BrS/c1-3-5-9-14(4-2,12-15)10-8-13-7-6-11-16-13/h6-7,11H,3-5,8-10,12H2,1-2H3. The summed E-state index contributed by atoms with van der Waals surface area (Å²) in [5.74, 6) is 0. The molecule has 92 valence electrons. The highest BCUT2D eigenvalue weighted by molar-refractivity contribution is 9.09. The number of halogens is 1. The molecule has 1 unspecified atom stereocenters. The fourth-order valence-electron chi connectivity index (χ4n) is 2.10. The van der Waals surface area contributed by atoms with E-state index in [0.717, 1.165) is 5.33 Å². The quantitative estimate of drug-likeness (QED) is 0.543. The molecule has 1 aromatic rings. The molecule has 0 aliphatic carbocycles. The van der Waals surface area contributed by atoms with Crippen molar-refractivity contribution in [2.24, 2.45) is 5.41 Å². The van der Waals surface area contributed by atoms with Crippen LogP contribution in [0.1, 0.15) is 50.8 Å². The van der Waals surface area contributed by atoms with Crippen molar-refractivity contribution in [2.45, 2.75) is 52.4 Å². The van der Waals surface area contributed by atoms with Crippen molar-refractivity contribution < 1.29 is 0 Å². The van der Waals surface area contributed by atoms with Gasteiger partial charge in [-0.25, -0.2) is 0 Å². The molecular formula is C14H23BrS. The first-order valence-electron chi connectivity index (χ1n) is 6.34. The van der Waals surface area contributed by atoms with Gasteiger partial charge in [0.15, 0.2) is 0 Å². The Balaban J connectivity index is 2.49. The van der Waals surface area contributed by atoms with Gasteiger partial charge in [-0.15, -0.1) is 11.3 Å². The van der Waals surface area contributed by atoms with Gasteiger partial charge in [-0.05, 0) is 42.5 Å². The van der Waals surface area contributed by atoms with E-state index in [2.05, 4.69) is 47.3 Å². The maximum Gasteiger partial charge on any atom is 0.00879 e. The van der Waals surface area contributed by atoms with Gasteiger partial charge in [0.05, 0.1) is 0 Å². The second-order valence-corrected chi connectivity index (χ2v) is 6.26. The zero-order chi connectivity index (χ0) is 11.9. The van der Waals surface area contributed by atoms with Gasteiger partial charge in [-0.1, -0.05) is 48.7 Å². The molecule has 1 heterocycles. The van der Waals surface area contributed by atoms with Gasteiger partial charge in [0, 0.05) is 10.2 Å². The first kappa shape index (κ1) is 14.2. The van der Waals surface area contributed by atoms with Crippen molar-refractivity contribution in [3.63, 3.8) is 0 Å². The van der Waals surface area contributed by atoms with Crippen LogP contribution in [0.3, 0.4) is 0 Å². The average molecular weight is 303 g/mol. The summed E-state index contributed by atoms with van der Waals surface area (Å²) in [6.45, 7) is 4.62. The normalized spacial score (nSPS) is 14.9. The molecule has 0 saturated heterocycles. The molecule has 2 heteroatoms. The van der Waals surface area contributed by atoms with Gasteiger partial charge >= 0.3 is 0 Å². The number of alkyl halides is 1. The summed E-state index contributed by atoms with van der Waals surface area (Å²) in [5, 5.41) is 3.34. The number of thiophene rings is 1. The summed E-state index contributed by atoms with van der Waals surface area (Å²) in [4.78, 5) is 1.54. The molecule has 0 aliphatic heterocycles. The third kappa shape index (κ3) is 4.21. The first-order valence-corrected chi connectivity index (χ1v) is 8.35. The summed E-state index contributed by atoms with van der Waals surface area (Å²) >= 11 is 5.62. The van der Waals surface area contributed by atoms with Crippen LogP contribution in [-0.4, -0.2) is 5.33 Å². The molecule has 0 fully saturated rings. The summed E-state index contributed by atoms with van der Waals surface area (Å²) in [6, 6.07) is 4.42. The van der Waals surface area contributed by atoms with Crippen molar-refractivity contribution >= 4 is 27.3 Å². The lowest BCUT2D eigenvalue weighted by atomic mass is 9.78. The molecule has 0 spiro atoms. The zero-order valence-electron chi connectivity index (χ0n) is 10.5. The molecule has 0 aliphatic rings. The molecule has 0 saturated carbocycles. The van der Waals surface area contributed by atoms with Crippen molar-refractivity contribution in [2.75, 3.05) is 5.33 Å². The van der Waals surface area contributed by atoms with Crippen LogP contribution in [0.5, 0.6) is 0 Å². The molecule has 1 atom stereocenters. The van der Waals surface area contributed by atoms with E-state index < -0.39 is 0 Å². The Labute approximate surface area is 113 Å². The Morgan fingerprint density at radius 1 is 1.31 bits per heavy atom. The lowest BCUT2D eigenvalue weighted by Gasteiger charge is -2.31. The van der Waals surface area contributed by atoms with Crippen LogP contribution in [0.25, 0.3) is 0 Å². The van der Waals surface area contributed by atoms with Crippen LogP contribution in [0.4, 0.5) is 0 Å². The minimum absolute atomic E-state index is 0.528. The van der Waals surface area contributed by atoms with Gasteiger partial charge in [0.25, 0.3) is 0 Å². The average Bonchev–Trinajstić information content (AvgIpc) is 2.83. The van der Waals surface area contributed by atoms with E-state index in [4.69, 9.17) is 0 Å². The summed E-state index contributed by atoms with van der Waals surface area (Å²) in [5.41, 5.74) is 0.528. The molecule has 0 amide bonds. The number of aryl methyl sites for hydroxylation is 1. The SMILES string of the molecule is CCCCC(CC)(CBr)CCc1cccs1. The van der Waals surface area contributed by atoms with Crippen LogP contribution in [0.15, 0.2) is 17.5 Å². The molecule has 0 radical (unpaired) electrons. The number of unbranched alkanes of at least 4 members (excludes halogenated alkanes) is 1. The van der Waals surface area contributed by atoms with E-state index in [0.29, 0.717) is 5.41 Å². The molecule has 0 aromatic carbocycles. The van der Waals surface area contributed by atoms with Crippen molar-refractivity contribution in [1.82, 2.24) is 0 Å². The largest absolute Gasteiger partial charge is 0.149 e. The van der Waals surface area contributed by atoms with E-state index in [1.807, 2.05) is 11.3 Å². The molecule has 0 N–H and O–H groups in total. The highest BCUT2D eigenvalue weighted by Crippen LogP contribution is 2.36. The Morgan fingerprint density at radius 3 is 2.62 bits per heavy atom. The zero-order valence-corrected chi connectivity index (χ0v) is 12.9. The van der Waals surface area contributed by atoms with Gasteiger partial charge in [-0.3, -0.25) is 0 Å². The van der Waals surface area contributed by atoms with Crippen molar-refractivity contribution in [3.05, 3.63) is 22.4 Å². The smallest absolute Gasteiger partial charge is 0.00879 e. The molecule has 16 heavy (non-hydrogen) atoms. The maximum absolute atomic E-state index is 3.73. The number of hydrogen-bond donors (Lipinski definition) is 0. The fourth-order valence-corrected chi connectivity index (χ4v) is 3.77. The minimum atomic E-state index is 0.528. The highest BCUT2D eigenvalue weighted by Gasteiger charge is 2.25. The third-order valence-corrected chi connectivity index (χ3v) is 5.70. The lowest BCUT2D eigenvalue weighted by molar-refractivity contribution is 0.264. The maximum atomic E-state index is 3.73. The lowest BCUT2D eigenvalue weighted by Crippen LogP contribution is -2.22. The van der Waals surface area contributed by atoms with Gasteiger partial charge in [0.1, 0.15) is 0 Å². The van der Waals surface area contributed by atoms with E-state index in [9.17, 15) is 0 Å². The van der Waals surface area contributed by atoms with Crippen molar-refractivity contribution in [3.8, 4) is 0 Å². The first-order chi connectivity index (χ1) is 7.76. The van der Waals surface area contributed by atoms with Gasteiger partial charge < -0.3 is 0 Å². The summed E-state index contributed by atoms with van der Waals surface area (Å²) in [7, 11) is 0. The summed E-state index contributed by atoms with van der Waals surface area (Å²) < 4.78 is 0. The van der Waals surface area contributed by atoms with Crippen molar-refractivity contribution in [1.29, 1.82) is 0 Å². The Kier molecular flexibility index (Phi) is 6.67. The summed E-state index contributed by atoms with van der Waals surface area (Å²) in [6.07, 6.45) is 7.92. The third-order valence-electron chi connectivity index (χ3n) is 3.58. The second kappa shape index (κ2) is 7.50.